The fraction of sp³-hybridized carbons (Fsp3) is 0.393. The standard InChI is InChI=1S/C28H31N5O5S/c1-5-15-11-20(38-6-2)23-21(12-15)39-26(31-23)28(3,4)32-27(37)29-17-7-8-18-16(13-17)14-33(25(18)36)19-9-10-22(34)30-24(19)35/h7-8,11-13,19H,5-6,9-10,14H2,1-4H3,(H2,29,32,37)(H,30,34,35). The zero-order chi connectivity index (χ0) is 27.9. The van der Waals surface area contributed by atoms with Gasteiger partial charge in [0.2, 0.25) is 11.8 Å². The predicted octanol–water partition coefficient (Wildman–Crippen LogP) is 4.08. The Morgan fingerprint density at radius 2 is 2.00 bits per heavy atom. The van der Waals surface area contributed by atoms with E-state index < -0.39 is 23.5 Å². The summed E-state index contributed by atoms with van der Waals surface area (Å²) in [4.78, 5) is 56.0. The third kappa shape index (κ3) is 5.18. The van der Waals surface area contributed by atoms with Gasteiger partial charge in [-0.15, -0.1) is 11.3 Å². The van der Waals surface area contributed by atoms with Gasteiger partial charge in [0.25, 0.3) is 5.91 Å². The number of nitrogens with zero attached hydrogens (tertiary/aromatic N) is 2. The fourth-order valence-corrected chi connectivity index (χ4v) is 6.05. The molecule has 11 heteroatoms. The molecule has 1 aromatic heterocycles. The summed E-state index contributed by atoms with van der Waals surface area (Å²) in [7, 11) is 0. The molecule has 1 unspecified atom stereocenters. The van der Waals surface area contributed by atoms with Crippen LogP contribution in [0.5, 0.6) is 5.75 Å². The third-order valence-corrected chi connectivity index (χ3v) is 8.30. The highest BCUT2D eigenvalue weighted by molar-refractivity contribution is 7.18. The number of amides is 5. The highest BCUT2D eigenvalue weighted by Crippen LogP contribution is 2.36. The molecule has 3 aromatic rings. The van der Waals surface area contributed by atoms with Crippen LogP contribution in [0.15, 0.2) is 30.3 Å². The molecule has 2 aliphatic heterocycles. The molecule has 1 atom stereocenters. The number of ether oxygens (including phenoxy) is 1. The number of benzene rings is 2. The average molecular weight is 550 g/mol. The molecule has 2 aliphatic rings. The van der Waals surface area contributed by atoms with Crippen molar-refractivity contribution in [2.24, 2.45) is 0 Å². The zero-order valence-electron chi connectivity index (χ0n) is 22.3. The Balaban J connectivity index is 1.29. The van der Waals surface area contributed by atoms with Crippen LogP contribution in [0.25, 0.3) is 10.2 Å². The molecule has 1 saturated heterocycles. The maximum absolute atomic E-state index is 13.0. The summed E-state index contributed by atoms with van der Waals surface area (Å²) in [5.41, 5.74) is 2.90. The fourth-order valence-electron chi connectivity index (χ4n) is 4.94. The normalized spacial score (nSPS) is 17.3. The first kappa shape index (κ1) is 26.6. The van der Waals surface area contributed by atoms with Gasteiger partial charge in [0.15, 0.2) is 0 Å². The van der Waals surface area contributed by atoms with E-state index in [1.165, 1.54) is 16.2 Å². The number of hydrogen-bond acceptors (Lipinski definition) is 7. The van der Waals surface area contributed by atoms with E-state index in [-0.39, 0.29) is 24.8 Å². The van der Waals surface area contributed by atoms with E-state index in [1.807, 2.05) is 26.8 Å². The number of anilines is 1. The number of carbonyl (C=O) groups excluding carboxylic acids is 4. The quantitative estimate of drug-likeness (QED) is 0.381. The lowest BCUT2D eigenvalue weighted by molar-refractivity contribution is -0.136. The molecule has 204 valence electrons. The molecular formula is C28H31N5O5S. The van der Waals surface area contributed by atoms with Gasteiger partial charge in [-0.3, -0.25) is 19.7 Å². The minimum atomic E-state index is -0.765. The number of imide groups is 1. The molecule has 2 aromatic carbocycles. The lowest BCUT2D eigenvalue weighted by Crippen LogP contribution is -2.52. The van der Waals surface area contributed by atoms with Crippen molar-refractivity contribution < 1.29 is 23.9 Å². The van der Waals surface area contributed by atoms with Crippen molar-refractivity contribution >= 4 is 51.0 Å². The van der Waals surface area contributed by atoms with E-state index in [0.717, 1.165) is 33.0 Å². The molecule has 1 fully saturated rings. The molecule has 10 nitrogen and oxygen atoms in total. The van der Waals surface area contributed by atoms with Crippen molar-refractivity contribution in [3.63, 3.8) is 0 Å². The topological polar surface area (TPSA) is 130 Å². The maximum atomic E-state index is 13.0. The Hall–Kier alpha value is -3.99. The molecule has 0 radical (unpaired) electrons. The number of carbonyl (C=O) groups is 4. The molecule has 3 N–H and O–H groups in total. The van der Waals surface area contributed by atoms with E-state index in [2.05, 4.69) is 28.9 Å². The number of hydrogen-bond donors (Lipinski definition) is 3. The van der Waals surface area contributed by atoms with Gasteiger partial charge in [-0.25, -0.2) is 9.78 Å². The first-order valence-corrected chi connectivity index (χ1v) is 13.8. The minimum absolute atomic E-state index is 0.195. The van der Waals surface area contributed by atoms with Crippen LogP contribution in [-0.2, 0) is 28.1 Å². The summed E-state index contributed by atoms with van der Waals surface area (Å²) in [5, 5.41) is 8.91. The summed E-state index contributed by atoms with van der Waals surface area (Å²) < 4.78 is 6.84. The SMILES string of the molecule is CCOc1cc(CC)cc2sc(C(C)(C)NC(=O)Nc3ccc4c(c3)CN(C3CCC(=O)NC3=O)C4=O)nc12. The van der Waals surface area contributed by atoms with Gasteiger partial charge in [-0.2, -0.15) is 0 Å². The van der Waals surface area contributed by atoms with E-state index in [0.29, 0.717) is 29.8 Å². The Morgan fingerprint density at radius 3 is 2.72 bits per heavy atom. The van der Waals surface area contributed by atoms with Crippen molar-refractivity contribution in [1.82, 2.24) is 20.5 Å². The van der Waals surface area contributed by atoms with Gasteiger partial charge in [-0.05, 0) is 75.1 Å². The van der Waals surface area contributed by atoms with Crippen LogP contribution in [-0.4, -0.2) is 46.3 Å². The number of thiazole rings is 1. The summed E-state index contributed by atoms with van der Waals surface area (Å²) in [5.74, 6) is -0.299. The minimum Gasteiger partial charge on any atom is -0.492 e. The van der Waals surface area contributed by atoms with E-state index in [9.17, 15) is 19.2 Å². The van der Waals surface area contributed by atoms with Crippen molar-refractivity contribution in [3.8, 4) is 5.75 Å². The van der Waals surface area contributed by atoms with E-state index in [1.54, 1.807) is 18.2 Å². The van der Waals surface area contributed by atoms with Crippen LogP contribution in [0.2, 0.25) is 0 Å². The Bertz CT molecular complexity index is 1500. The summed E-state index contributed by atoms with van der Waals surface area (Å²) >= 11 is 1.52. The molecule has 5 amide bonds. The second-order valence-corrected chi connectivity index (χ2v) is 11.3. The summed E-state index contributed by atoms with van der Waals surface area (Å²) in [6, 6.07) is 8.08. The summed E-state index contributed by atoms with van der Waals surface area (Å²) in [6.45, 7) is 8.59. The maximum Gasteiger partial charge on any atom is 0.319 e. The number of piperidine rings is 1. The number of nitrogens with one attached hydrogen (secondary N) is 3. The molecule has 5 rings (SSSR count). The van der Waals surface area contributed by atoms with Crippen LogP contribution < -0.4 is 20.7 Å². The van der Waals surface area contributed by atoms with Crippen molar-refractivity contribution in [2.45, 2.75) is 65.1 Å². The average Bonchev–Trinajstić information content (AvgIpc) is 3.46. The van der Waals surface area contributed by atoms with Crippen molar-refractivity contribution in [1.29, 1.82) is 0 Å². The first-order valence-electron chi connectivity index (χ1n) is 13.0. The molecule has 0 spiro atoms. The Labute approximate surface area is 230 Å². The Kier molecular flexibility index (Phi) is 7.02. The smallest absolute Gasteiger partial charge is 0.319 e. The number of aryl methyl sites for hydroxylation is 1. The highest BCUT2D eigenvalue weighted by atomic mass is 32.1. The number of urea groups is 1. The van der Waals surface area contributed by atoms with E-state index >= 15 is 0 Å². The molecule has 0 bridgehead atoms. The van der Waals surface area contributed by atoms with Crippen molar-refractivity contribution in [3.05, 3.63) is 52.0 Å². The predicted molar refractivity (Wildman–Crippen MR) is 148 cm³/mol. The van der Waals surface area contributed by atoms with Gasteiger partial charge in [0, 0.05) is 24.2 Å². The van der Waals surface area contributed by atoms with Crippen LogP contribution in [0.4, 0.5) is 10.5 Å². The monoisotopic (exact) mass is 549 g/mol. The van der Waals surface area contributed by atoms with Crippen LogP contribution in [0, 0.1) is 0 Å². The van der Waals surface area contributed by atoms with Gasteiger partial charge in [0.05, 0.1) is 16.8 Å². The lowest BCUT2D eigenvalue weighted by Gasteiger charge is -2.29. The first-order chi connectivity index (χ1) is 18.6. The number of rotatable bonds is 7. The second-order valence-electron chi connectivity index (χ2n) is 10.2. The van der Waals surface area contributed by atoms with Gasteiger partial charge in [0.1, 0.15) is 22.3 Å². The number of fused-ring (bicyclic) bond motifs is 2. The molecular weight excluding hydrogens is 518 g/mol. The van der Waals surface area contributed by atoms with Gasteiger partial charge >= 0.3 is 6.03 Å². The largest absolute Gasteiger partial charge is 0.492 e. The van der Waals surface area contributed by atoms with Crippen LogP contribution >= 0.6 is 11.3 Å². The third-order valence-electron chi connectivity index (χ3n) is 6.97. The van der Waals surface area contributed by atoms with Crippen LogP contribution in [0.1, 0.15) is 67.0 Å². The van der Waals surface area contributed by atoms with Crippen LogP contribution in [0.3, 0.4) is 0 Å². The lowest BCUT2D eigenvalue weighted by atomic mass is 10.0. The van der Waals surface area contributed by atoms with Crippen molar-refractivity contribution in [2.75, 3.05) is 11.9 Å². The Morgan fingerprint density at radius 1 is 1.21 bits per heavy atom. The highest BCUT2D eigenvalue weighted by Gasteiger charge is 2.39. The van der Waals surface area contributed by atoms with Gasteiger partial charge < -0.3 is 20.3 Å². The number of aromatic nitrogens is 1. The second kappa shape index (κ2) is 10.3. The molecule has 3 heterocycles. The molecule has 0 aliphatic carbocycles. The van der Waals surface area contributed by atoms with Gasteiger partial charge in [-0.1, -0.05) is 6.92 Å². The molecule has 0 saturated carbocycles. The zero-order valence-corrected chi connectivity index (χ0v) is 23.2. The van der Waals surface area contributed by atoms with E-state index in [4.69, 9.17) is 9.72 Å². The molecule has 39 heavy (non-hydrogen) atoms. The summed E-state index contributed by atoms with van der Waals surface area (Å²) in [6.07, 6.45) is 1.37.